The summed E-state index contributed by atoms with van der Waals surface area (Å²) in [6, 6.07) is 5.47. The lowest BCUT2D eigenvalue weighted by Crippen LogP contribution is -2.42. The van der Waals surface area contributed by atoms with E-state index >= 15 is 0 Å². The van der Waals surface area contributed by atoms with Gasteiger partial charge in [-0.05, 0) is 44.5 Å². The number of aromatic nitrogens is 3. The van der Waals surface area contributed by atoms with E-state index in [9.17, 15) is 14.4 Å². The van der Waals surface area contributed by atoms with Crippen LogP contribution in [-0.2, 0) is 24.3 Å². The lowest BCUT2D eigenvalue weighted by molar-refractivity contribution is -0.133. The molecule has 32 heavy (non-hydrogen) atoms. The highest BCUT2D eigenvalue weighted by atomic mass is 16.4. The lowest BCUT2D eigenvalue weighted by Gasteiger charge is -2.33. The number of carbonyl (C=O) groups excluding carboxylic acids is 1. The molecule has 9 nitrogen and oxygen atoms in total. The SMILES string of the molecule is Cc1ccc2oc(=O)n(CC(=O)N3CCC[C@@H](c4nc5c(c(=O)[nH]4)CN(C)CC5)C3)c2c1. The van der Waals surface area contributed by atoms with Crippen LogP contribution in [0.1, 0.15) is 41.4 Å². The Morgan fingerprint density at radius 2 is 2.12 bits per heavy atom. The van der Waals surface area contributed by atoms with E-state index in [2.05, 4.69) is 9.88 Å². The molecular formula is C23H27N5O4. The Morgan fingerprint density at radius 3 is 2.97 bits per heavy atom. The van der Waals surface area contributed by atoms with Crippen LogP contribution in [0.15, 0.2) is 32.2 Å². The fourth-order valence-corrected chi connectivity index (χ4v) is 4.76. The van der Waals surface area contributed by atoms with Crippen LogP contribution in [0.4, 0.5) is 0 Å². The molecule has 1 atom stereocenters. The molecule has 1 N–H and O–H groups in total. The van der Waals surface area contributed by atoms with E-state index in [0.717, 1.165) is 42.6 Å². The number of carbonyl (C=O) groups is 1. The third kappa shape index (κ3) is 3.77. The molecule has 0 saturated carbocycles. The molecule has 4 heterocycles. The molecule has 0 bridgehead atoms. The second kappa shape index (κ2) is 8.05. The van der Waals surface area contributed by atoms with E-state index < -0.39 is 5.76 Å². The number of nitrogens with zero attached hydrogens (tertiary/aromatic N) is 4. The van der Waals surface area contributed by atoms with Gasteiger partial charge in [-0.1, -0.05) is 6.07 Å². The van der Waals surface area contributed by atoms with Crippen molar-refractivity contribution in [1.29, 1.82) is 0 Å². The Balaban J connectivity index is 1.36. The van der Waals surface area contributed by atoms with Crippen LogP contribution in [0.5, 0.6) is 0 Å². The number of nitrogens with one attached hydrogen (secondary N) is 1. The first kappa shape index (κ1) is 20.7. The number of likely N-dealkylation sites (tertiary alicyclic amines) is 1. The van der Waals surface area contributed by atoms with Gasteiger partial charge in [0.15, 0.2) is 5.58 Å². The highest BCUT2D eigenvalue weighted by Crippen LogP contribution is 2.26. The maximum atomic E-state index is 13.1. The molecule has 0 unspecified atom stereocenters. The fourth-order valence-electron chi connectivity index (χ4n) is 4.76. The molecule has 1 fully saturated rings. The molecule has 0 aliphatic carbocycles. The summed E-state index contributed by atoms with van der Waals surface area (Å²) in [5, 5.41) is 0. The molecule has 3 aromatic rings. The molecule has 1 aromatic carbocycles. The molecule has 2 aromatic heterocycles. The van der Waals surface area contributed by atoms with Crippen molar-refractivity contribution in [2.75, 3.05) is 26.7 Å². The van der Waals surface area contributed by atoms with E-state index in [1.165, 1.54) is 4.57 Å². The molecule has 1 amide bonds. The maximum Gasteiger partial charge on any atom is 0.420 e. The Kier molecular flexibility index (Phi) is 5.21. The van der Waals surface area contributed by atoms with Crippen molar-refractivity contribution in [2.45, 2.75) is 45.2 Å². The van der Waals surface area contributed by atoms with Gasteiger partial charge in [-0.25, -0.2) is 9.78 Å². The standard InChI is InChI=1S/C23H27N5O4/c1-14-5-6-19-18(10-14)28(23(31)32-19)13-20(29)27-8-3-4-15(11-27)21-24-17-7-9-26(2)12-16(17)22(30)25-21/h5-6,10,15H,3-4,7-9,11-13H2,1-2H3,(H,24,25,30)/t15-/m1/s1. The summed E-state index contributed by atoms with van der Waals surface area (Å²) in [5.74, 6) is -0.0242. The van der Waals surface area contributed by atoms with Crippen LogP contribution >= 0.6 is 0 Å². The first-order valence-corrected chi connectivity index (χ1v) is 11.1. The zero-order valence-corrected chi connectivity index (χ0v) is 18.4. The normalized spacial score (nSPS) is 19.3. The Bertz CT molecular complexity index is 1300. The minimum atomic E-state index is -0.529. The number of aryl methyl sites for hydroxylation is 1. The Labute approximate surface area is 184 Å². The average molecular weight is 438 g/mol. The second-order valence-electron chi connectivity index (χ2n) is 8.97. The van der Waals surface area contributed by atoms with E-state index in [4.69, 9.17) is 9.40 Å². The quantitative estimate of drug-likeness (QED) is 0.664. The summed E-state index contributed by atoms with van der Waals surface area (Å²) in [6.45, 7) is 4.46. The number of rotatable bonds is 3. The number of oxazole rings is 1. The monoisotopic (exact) mass is 437 g/mol. The van der Waals surface area contributed by atoms with Gasteiger partial charge in [0.25, 0.3) is 5.56 Å². The van der Waals surface area contributed by atoms with Gasteiger partial charge in [0.05, 0.1) is 16.8 Å². The van der Waals surface area contributed by atoms with Crippen LogP contribution in [-0.4, -0.2) is 56.9 Å². The van der Waals surface area contributed by atoms with Crippen LogP contribution in [0.2, 0.25) is 0 Å². The molecule has 1 saturated heterocycles. The predicted molar refractivity (Wildman–Crippen MR) is 119 cm³/mol. The van der Waals surface area contributed by atoms with Gasteiger partial charge in [0, 0.05) is 38.5 Å². The number of H-pyrrole nitrogens is 1. The predicted octanol–water partition coefficient (Wildman–Crippen LogP) is 1.38. The van der Waals surface area contributed by atoms with Crippen molar-refractivity contribution in [3.63, 3.8) is 0 Å². The lowest BCUT2D eigenvalue weighted by atomic mass is 9.96. The van der Waals surface area contributed by atoms with Gasteiger partial charge in [-0.15, -0.1) is 0 Å². The van der Waals surface area contributed by atoms with Crippen molar-refractivity contribution in [3.8, 4) is 0 Å². The zero-order valence-electron chi connectivity index (χ0n) is 18.4. The zero-order chi connectivity index (χ0) is 22.4. The third-order valence-corrected chi connectivity index (χ3v) is 6.55. The van der Waals surface area contributed by atoms with Gasteiger partial charge in [0.2, 0.25) is 5.91 Å². The van der Waals surface area contributed by atoms with Gasteiger partial charge in [-0.2, -0.15) is 0 Å². The van der Waals surface area contributed by atoms with Crippen LogP contribution in [0.25, 0.3) is 11.1 Å². The number of piperidine rings is 1. The van der Waals surface area contributed by atoms with Crippen molar-refractivity contribution >= 4 is 17.0 Å². The maximum absolute atomic E-state index is 13.1. The summed E-state index contributed by atoms with van der Waals surface area (Å²) in [4.78, 5) is 49.7. The number of hydrogen-bond donors (Lipinski definition) is 1. The Morgan fingerprint density at radius 1 is 1.28 bits per heavy atom. The molecular weight excluding hydrogens is 410 g/mol. The molecule has 0 spiro atoms. The van der Waals surface area contributed by atoms with E-state index in [0.29, 0.717) is 36.6 Å². The average Bonchev–Trinajstić information content (AvgIpc) is 3.08. The van der Waals surface area contributed by atoms with E-state index in [-0.39, 0.29) is 23.9 Å². The minimum Gasteiger partial charge on any atom is -0.408 e. The van der Waals surface area contributed by atoms with Crippen molar-refractivity contribution in [2.24, 2.45) is 0 Å². The topological polar surface area (TPSA) is 104 Å². The van der Waals surface area contributed by atoms with Crippen molar-refractivity contribution < 1.29 is 9.21 Å². The highest BCUT2D eigenvalue weighted by molar-refractivity contribution is 5.80. The second-order valence-corrected chi connectivity index (χ2v) is 8.97. The summed E-state index contributed by atoms with van der Waals surface area (Å²) >= 11 is 0. The van der Waals surface area contributed by atoms with Crippen LogP contribution in [0, 0.1) is 6.92 Å². The molecule has 0 radical (unpaired) electrons. The number of amides is 1. The molecule has 5 rings (SSSR count). The van der Waals surface area contributed by atoms with Crippen molar-refractivity contribution in [1.82, 2.24) is 24.3 Å². The molecule has 9 heteroatoms. The smallest absolute Gasteiger partial charge is 0.408 e. The van der Waals surface area contributed by atoms with Gasteiger partial charge < -0.3 is 19.2 Å². The molecule has 2 aliphatic heterocycles. The van der Waals surface area contributed by atoms with Crippen LogP contribution < -0.4 is 11.3 Å². The van der Waals surface area contributed by atoms with E-state index in [1.54, 1.807) is 11.0 Å². The summed E-state index contributed by atoms with van der Waals surface area (Å²) < 4.78 is 6.68. The number of benzene rings is 1. The van der Waals surface area contributed by atoms with Gasteiger partial charge in [0.1, 0.15) is 12.4 Å². The minimum absolute atomic E-state index is 0.0228. The summed E-state index contributed by atoms with van der Waals surface area (Å²) in [7, 11) is 2.00. The number of hydrogen-bond acceptors (Lipinski definition) is 6. The number of aromatic amines is 1. The first-order valence-electron chi connectivity index (χ1n) is 11.1. The Hall–Kier alpha value is -3.20. The van der Waals surface area contributed by atoms with Gasteiger partial charge in [-0.3, -0.25) is 14.2 Å². The fraction of sp³-hybridized carbons (Fsp3) is 0.478. The summed E-state index contributed by atoms with van der Waals surface area (Å²) in [6.07, 6.45) is 2.44. The largest absolute Gasteiger partial charge is 0.420 e. The van der Waals surface area contributed by atoms with Gasteiger partial charge >= 0.3 is 5.76 Å². The first-order chi connectivity index (χ1) is 15.4. The third-order valence-electron chi connectivity index (χ3n) is 6.55. The van der Waals surface area contributed by atoms with Crippen molar-refractivity contribution in [3.05, 3.63) is 61.7 Å². The number of likely N-dealkylation sites (N-methyl/N-ethyl adjacent to an activating group) is 1. The number of fused-ring (bicyclic) bond motifs is 2. The highest BCUT2D eigenvalue weighted by Gasteiger charge is 2.29. The molecule has 2 aliphatic rings. The van der Waals surface area contributed by atoms with E-state index in [1.807, 2.05) is 26.1 Å². The van der Waals surface area contributed by atoms with Crippen LogP contribution in [0.3, 0.4) is 0 Å². The summed E-state index contributed by atoms with van der Waals surface area (Å²) in [5.41, 5.74) is 3.64. The molecule has 168 valence electrons.